The van der Waals surface area contributed by atoms with Crippen LogP contribution in [0.3, 0.4) is 0 Å². The molecular weight excluding hydrogens is 442 g/mol. The maximum absolute atomic E-state index is 13.7. The zero-order valence-corrected chi connectivity index (χ0v) is 18.3. The van der Waals surface area contributed by atoms with Gasteiger partial charge in [-0.2, -0.15) is 5.10 Å². The number of anilines is 2. The first-order valence-corrected chi connectivity index (χ1v) is 11.3. The van der Waals surface area contributed by atoms with E-state index >= 15 is 0 Å². The van der Waals surface area contributed by atoms with E-state index < -0.39 is 22.2 Å². The third-order valence-corrected chi connectivity index (χ3v) is 7.04. The average molecular weight is 465 g/mol. The van der Waals surface area contributed by atoms with Gasteiger partial charge in [-0.3, -0.25) is 19.1 Å². The van der Waals surface area contributed by atoms with Gasteiger partial charge < -0.3 is 19.9 Å². The molecule has 1 unspecified atom stereocenters. The number of hydrogen-bond acceptors (Lipinski definition) is 7. The Morgan fingerprint density at radius 2 is 2.06 bits per heavy atom. The summed E-state index contributed by atoms with van der Waals surface area (Å²) in [5.41, 5.74) is 0.719. The Hall–Kier alpha value is -3.32. The lowest BCUT2D eigenvalue weighted by molar-refractivity contribution is -0.119. The van der Waals surface area contributed by atoms with Crippen LogP contribution in [0.1, 0.15) is 18.7 Å². The molecular formula is C19H23N5O7S. The van der Waals surface area contributed by atoms with Gasteiger partial charge in [0.15, 0.2) is 0 Å². The Balaban J connectivity index is 1.73. The van der Waals surface area contributed by atoms with Crippen molar-refractivity contribution in [2.75, 3.05) is 35.9 Å². The molecule has 1 fully saturated rings. The summed E-state index contributed by atoms with van der Waals surface area (Å²) in [6.45, 7) is 3.92. The number of hydrogen-bond donors (Lipinski definition) is 3. The lowest BCUT2D eigenvalue weighted by Crippen LogP contribution is -2.48. The molecule has 0 saturated carbocycles. The van der Waals surface area contributed by atoms with E-state index in [4.69, 9.17) is 14.6 Å². The SMILES string of the molecule is CC(=O)NCC1CN(S(=O)(=O)c2cn(C3COC3)nc2C)c2cc(NC(=O)O)ccc2O1. The van der Waals surface area contributed by atoms with Crippen LogP contribution in [0.5, 0.6) is 5.75 Å². The van der Waals surface area contributed by atoms with Crippen LogP contribution in [0, 0.1) is 6.92 Å². The molecule has 12 nitrogen and oxygen atoms in total. The largest absolute Gasteiger partial charge is 0.484 e. The molecule has 2 amide bonds. The number of benzene rings is 1. The summed E-state index contributed by atoms with van der Waals surface area (Å²) >= 11 is 0. The minimum atomic E-state index is -4.08. The Labute approximate surface area is 184 Å². The Bertz CT molecular complexity index is 1160. The summed E-state index contributed by atoms with van der Waals surface area (Å²) < 4.78 is 41.2. The fourth-order valence-corrected chi connectivity index (χ4v) is 5.16. The molecule has 4 rings (SSSR count). The fourth-order valence-electron chi connectivity index (χ4n) is 3.50. The highest BCUT2D eigenvalue weighted by Crippen LogP contribution is 2.39. The first-order valence-electron chi connectivity index (χ1n) is 9.86. The molecule has 1 aromatic carbocycles. The van der Waals surface area contributed by atoms with Crippen LogP contribution in [0.15, 0.2) is 29.3 Å². The second-order valence-corrected chi connectivity index (χ2v) is 9.41. The molecule has 2 aliphatic heterocycles. The normalized spacial score (nSPS) is 18.3. The number of carbonyl (C=O) groups excluding carboxylic acids is 1. The Morgan fingerprint density at radius 3 is 2.69 bits per heavy atom. The van der Waals surface area contributed by atoms with Crippen molar-refractivity contribution in [3.63, 3.8) is 0 Å². The van der Waals surface area contributed by atoms with Crippen molar-refractivity contribution in [3.8, 4) is 5.75 Å². The number of aryl methyl sites for hydroxylation is 1. The van der Waals surface area contributed by atoms with Crippen molar-refractivity contribution in [1.82, 2.24) is 15.1 Å². The van der Waals surface area contributed by atoms with Crippen molar-refractivity contribution in [2.45, 2.75) is 30.9 Å². The minimum absolute atomic E-state index is 0.0199. The third kappa shape index (κ3) is 4.21. The summed E-state index contributed by atoms with van der Waals surface area (Å²) in [5, 5.41) is 18.2. The van der Waals surface area contributed by atoms with Crippen molar-refractivity contribution in [1.29, 1.82) is 0 Å². The van der Waals surface area contributed by atoms with Gasteiger partial charge in [0.2, 0.25) is 5.91 Å². The number of carboxylic acid groups (broad SMARTS) is 1. The minimum Gasteiger partial charge on any atom is -0.484 e. The maximum atomic E-state index is 13.7. The molecule has 2 aromatic rings. The number of ether oxygens (including phenoxy) is 2. The topological polar surface area (TPSA) is 152 Å². The summed E-state index contributed by atoms with van der Waals surface area (Å²) in [4.78, 5) is 22.4. The molecule has 0 aliphatic carbocycles. The number of nitrogens with one attached hydrogen (secondary N) is 2. The highest BCUT2D eigenvalue weighted by Gasteiger charge is 2.37. The zero-order chi connectivity index (χ0) is 23.0. The molecule has 172 valence electrons. The van der Waals surface area contributed by atoms with E-state index in [1.54, 1.807) is 11.6 Å². The van der Waals surface area contributed by atoms with E-state index in [0.29, 0.717) is 18.9 Å². The van der Waals surface area contributed by atoms with Crippen LogP contribution in [-0.2, 0) is 19.6 Å². The van der Waals surface area contributed by atoms with Gasteiger partial charge in [-0.15, -0.1) is 0 Å². The molecule has 0 spiro atoms. The van der Waals surface area contributed by atoms with Crippen molar-refractivity contribution in [3.05, 3.63) is 30.1 Å². The van der Waals surface area contributed by atoms with Crippen LogP contribution in [0.4, 0.5) is 16.2 Å². The number of amides is 2. The van der Waals surface area contributed by atoms with Gasteiger partial charge in [0.1, 0.15) is 16.7 Å². The molecule has 0 radical (unpaired) electrons. The van der Waals surface area contributed by atoms with Gasteiger partial charge in [0, 0.05) is 18.8 Å². The van der Waals surface area contributed by atoms with E-state index in [0.717, 1.165) is 4.31 Å². The predicted octanol–water partition coefficient (Wildman–Crippen LogP) is 0.945. The van der Waals surface area contributed by atoms with E-state index in [-0.39, 0.29) is 47.1 Å². The first-order chi connectivity index (χ1) is 15.1. The van der Waals surface area contributed by atoms with Gasteiger partial charge >= 0.3 is 6.09 Å². The van der Waals surface area contributed by atoms with E-state index in [1.165, 1.54) is 31.3 Å². The lowest BCUT2D eigenvalue weighted by atomic mass is 10.2. The summed E-state index contributed by atoms with van der Waals surface area (Å²) in [6, 6.07) is 4.34. The monoisotopic (exact) mass is 465 g/mol. The number of fused-ring (bicyclic) bond motifs is 1. The van der Waals surface area contributed by atoms with Gasteiger partial charge in [0.05, 0.1) is 43.7 Å². The van der Waals surface area contributed by atoms with Gasteiger partial charge in [0.25, 0.3) is 10.0 Å². The molecule has 13 heteroatoms. The summed E-state index contributed by atoms with van der Waals surface area (Å²) in [7, 11) is -4.08. The molecule has 32 heavy (non-hydrogen) atoms. The van der Waals surface area contributed by atoms with Gasteiger partial charge in [-0.05, 0) is 25.1 Å². The number of rotatable bonds is 6. The van der Waals surface area contributed by atoms with Crippen LogP contribution < -0.4 is 19.7 Å². The van der Waals surface area contributed by atoms with Crippen LogP contribution in [0.2, 0.25) is 0 Å². The average Bonchev–Trinajstić information content (AvgIpc) is 3.05. The van der Waals surface area contributed by atoms with Gasteiger partial charge in [-0.1, -0.05) is 0 Å². The van der Waals surface area contributed by atoms with E-state index in [2.05, 4.69) is 15.7 Å². The molecule has 0 bridgehead atoms. The fraction of sp³-hybridized carbons (Fsp3) is 0.421. The number of carbonyl (C=O) groups is 2. The highest BCUT2D eigenvalue weighted by molar-refractivity contribution is 7.92. The molecule has 2 aliphatic rings. The predicted molar refractivity (Wildman–Crippen MR) is 113 cm³/mol. The maximum Gasteiger partial charge on any atom is 0.409 e. The quantitative estimate of drug-likeness (QED) is 0.570. The second kappa shape index (κ2) is 8.31. The summed E-state index contributed by atoms with van der Waals surface area (Å²) in [6.07, 6.45) is -0.441. The first kappa shape index (κ1) is 21.9. The standard InChI is InChI=1S/C19H23N5O7S/c1-11-18(8-23(22-11)14-9-30-10-14)32(28,29)24-7-15(6-20-12(2)25)31-17-4-3-13(5-16(17)24)21-19(26)27/h3-5,8,14-15,21H,6-7,9-10H2,1-2H3,(H,20,25)(H,26,27). The molecule has 3 N–H and O–H groups in total. The lowest BCUT2D eigenvalue weighted by Gasteiger charge is -2.35. The third-order valence-electron chi connectivity index (χ3n) is 5.15. The highest BCUT2D eigenvalue weighted by atomic mass is 32.2. The van der Waals surface area contributed by atoms with Crippen LogP contribution in [-0.4, -0.2) is 67.7 Å². The van der Waals surface area contributed by atoms with Crippen molar-refractivity contribution in [2.24, 2.45) is 0 Å². The Kier molecular flexibility index (Phi) is 5.69. The molecule has 1 saturated heterocycles. The smallest absolute Gasteiger partial charge is 0.409 e. The zero-order valence-electron chi connectivity index (χ0n) is 17.4. The molecule has 1 atom stereocenters. The summed E-state index contributed by atoms with van der Waals surface area (Å²) in [5.74, 6) is -0.0156. The van der Waals surface area contributed by atoms with Crippen molar-refractivity contribution < 1.29 is 32.6 Å². The van der Waals surface area contributed by atoms with E-state index in [9.17, 15) is 18.0 Å². The van der Waals surface area contributed by atoms with E-state index in [1.807, 2.05) is 0 Å². The van der Waals surface area contributed by atoms with Crippen LogP contribution >= 0.6 is 0 Å². The number of sulfonamides is 1. The second-order valence-electron chi connectivity index (χ2n) is 7.58. The molecule has 3 heterocycles. The van der Waals surface area contributed by atoms with Gasteiger partial charge in [-0.25, -0.2) is 13.2 Å². The molecule has 1 aromatic heterocycles. The number of aromatic nitrogens is 2. The van der Waals surface area contributed by atoms with Crippen molar-refractivity contribution >= 4 is 33.4 Å². The van der Waals surface area contributed by atoms with Crippen LogP contribution in [0.25, 0.3) is 0 Å². The number of nitrogens with zero attached hydrogens (tertiary/aromatic N) is 3. The Morgan fingerprint density at radius 1 is 1.31 bits per heavy atom.